The molecule has 0 aliphatic heterocycles. The number of nitrogens with zero attached hydrogens (tertiary/aromatic N) is 2. The Labute approximate surface area is 124 Å². The lowest BCUT2D eigenvalue weighted by Crippen LogP contribution is -2.06. The summed E-state index contributed by atoms with van der Waals surface area (Å²) in [6, 6.07) is 6.51. The molecule has 2 rings (SSSR count). The van der Waals surface area contributed by atoms with Gasteiger partial charge in [0, 0.05) is 24.7 Å². The van der Waals surface area contributed by atoms with Crippen molar-refractivity contribution in [3.8, 4) is 0 Å². The monoisotopic (exact) mass is 288 g/mol. The minimum absolute atomic E-state index is 0.266. The molecule has 1 aromatic heterocycles. The Morgan fingerprint density at radius 1 is 1.10 bits per heavy atom. The van der Waals surface area contributed by atoms with Crippen molar-refractivity contribution in [1.82, 2.24) is 9.97 Å². The first kappa shape index (κ1) is 15.2. The van der Waals surface area contributed by atoms with Crippen LogP contribution in [0.5, 0.6) is 0 Å². The van der Waals surface area contributed by atoms with E-state index in [1.807, 2.05) is 19.9 Å². The fraction of sp³-hybridized carbons (Fsp3) is 0.375. The molecule has 0 saturated carbocycles. The van der Waals surface area contributed by atoms with E-state index in [2.05, 4.69) is 27.5 Å². The fourth-order valence-corrected chi connectivity index (χ4v) is 2.04. The van der Waals surface area contributed by atoms with Crippen molar-refractivity contribution < 1.29 is 4.39 Å². The molecule has 21 heavy (non-hydrogen) atoms. The maximum atomic E-state index is 13.4. The molecular weight excluding hydrogens is 267 g/mol. The van der Waals surface area contributed by atoms with Gasteiger partial charge >= 0.3 is 0 Å². The molecule has 0 aliphatic carbocycles. The highest BCUT2D eigenvalue weighted by atomic mass is 19.1. The van der Waals surface area contributed by atoms with E-state index in [0.717, 1.165) is 42.3 Å². The van der Waals surface area contributed by atoms with Gasteiger partial charge in [-0.05, 0) is 38.0 Å². The van der Waals surface area contributed by atoms with Crippen molar-refractivity contribution in [2.24, 2.45) is 0 Å². The molecule has 0 atom stereocenters. The van der Waals surface area contributed by atoms with Crippen LogP contribution in [-0.2, 0) is 6.42 Å². The summed E-state index contributed by atoms with van der Waals surface area (Å²) in [6.45, 7) is 6.83. The first-order valence-electron chi connectivity index (χ1n) is 7.27. The predicted molar refractivity (Wildman–Crippen MR) is 84.6 cm³/mol. The third-order valence-electron chi connectivity index (χ3n) is 3.07. The minimum Gasteiger partial charge on any atom is -0.370 e. The third-order valence-corrected chi connectivity index (χ3v) is 3.07. The van der Waals surface area contributed by atoms with Crippen molar-refractivity contribution in [3.05, 3.63) is 41.5 Å². The molecular formula is C16H21FN4. The molecule has 0 spiro atoms. The lowest BCUT2D eigenvalue weighted by molar-refractivity contribution is 0.628. The van der Waals surface area contributed by atoms with Gasteiger partial charge in [-0.15, -0.1) is 0 Å². The van der Waals surface area contributed by atoms with Crippen molar-refractivity contribution >= 4 is 17.3 Å². The summed E-state index contributed by atoms with van der Waals surface area (Å²) in [4.78, 5) is 8.94. The van der Waals surface area contributed by atoms with E-state index >= 15 is 0 Å². The van der Waals surface area contributed by atoms with Crippen LogP contribution in [0.4, 0.5) is 21.7 Å². The number of anilines is 3. The van der Waals surface area contributed by atoms with Gasteiger partial charge < -0.3 is 10.6 Å². The number of halogens is 1. The zero-order chi connectivity index (χ0) is 15.2. The average Bonchev–Trinajstić information content (AvgIpc) is 2.43. The Morgan fingerprint density at radius 3 is 2.57 bits per heavy atom. The Bertz CT molecular complexity index is 589. The van der Waals surface area contributed by atoms with Crippen molar-refractivity contribution in [3.63, 3.8) is 0 Å². The molecule has 0 amide bonds. The van der Waals surface area contributed by atoms with E-state index < -0.39 is 0 Å². The molecule has 112 valence electrons. The van der Waals surface area contributed by atoms with Gasteiger partial charge in [0.1, 0.15) is 23.3 Å². The highest BCUT2D eigenvalue weighted by molar-refractivity contribution is 5.62. The summed E-state index contributed by atoms with van der Waals surface area (Å²) in [7, 11) is 0. The molecule has 1 heterocycles. The SMILES string of the molecule is CCCc1nc(NCC)cc(Nc2cc(F)ccc2C)n1. The molecule has 2 N–H and O–H groups in total. The topological polar surface area (TPSA) is 49.8 Å². The Balaban J connectivity index is 2.31. The molecule has 5 heteroatoms. The number of aromatic nitrogens is 2. The molecule has 4 nitrogen and oxygen atoms in total. The van der Waals surface area contributed by atoms with Crippen LogP contribution in [0.3, 0.4) is 0 Å². The van der Waals surface area contributed by atoms with Gasteiger partial charge in [0.2, 0.25) is 0 Å². The van der Waals surface area contributed by atoms with E-state index in [9.17, 15) is 4.39 Å². The van der Waals surface area contributed by atoms with Gasteiger partial charge in [0.05, 0.1) is 0 Å². The fourth-order valence-electron chi connectivity index (χ4n) is 2.04. The lowest BCUT2D eigenvalue weighted by Gasteiger charge is -2.12. The highest BCUT2D eigenvalue weighted by Crippen LogP contribution is 2.22. The van der Waals surface area contributed by atoms with Crippen LogP contribution in [0.2, 0.25) is 0 Å². The van der Waals surface area contributed by atoms with Crippen LogP contribution < -0.4 is 10.6 Å². The summed E-state index contributed by atoms with van der Waals surface area (Å²) in [5, 5.41) is 6.37. The summed E-state index contributed by atoms with van der Waals surface area (Å²) in [5.41, 5.74) is 1.69. The number of hydrogen-bond donors (Lipinski definition) is 2. The van der Waals surface area contributed by atoms with E-state index in [-0.39, 0.29) is 5.82 Å². The van der Waals surface area contributed by atoms with Crippen molar-refractivity contribution in [1.29, 1.82) is 0 Å². The zero-order valence-corrected chi connectivity index (χ0v) is 12.7. The molecule has 0 bridgehead atoms. The second-order valence-corrected chi connectivity index (χ2v) is 4.92. The highest BCUT2D eigenvalue weighted by Gasteiger charge is 2.06. The molecule has 0 unspecified atom stereocenters. The van der Waals surface area contributed by atoms with Gasteiger partial charge in [0.15, 0.2) is 0 Å². The summed E-state index contributed by atoms with van der Waals surface area (Å²) in [6.07, 6.45) is 1.80. The molecule has 0 radical (unpaired) electrons. The quantitative estimate of drug-likeness (QED) is 0.842. The Morgan fingerprint density at radius 2 is 1.86 bits per heavy atom. The van der Waals surface area contributed by atoms with Crippen LogP contribution in [0, 0.1) is 12.7 Å². The van der Waals surface area contributed by atoms with E-state index in [1.54, 1.807) is 6.07 Å². The van der Waals surface area contributed by atoms with Crippen LogP contribution in [0.1, 0.15) is 31.7 Å². The van der Waals surface area contributed by atoms with Gasteiger partial charge in [-0.25, -0.2) is 14.4 Å². The largest absolute Gasteiger partial charge is 0.370 e. The van der Waals surface area contributed by atoms with Crippen molar-refractivity contribution in [2.75, 3.05) is 17.2 Å². The third kappa shape index (κ3) is 4.15. The van der Waals surface area contributed by atoms with Gasteiger partial charge in [-0.1, -0.05) is 13.0 Å². The maximum Gasteiger partial charge on any atom is 0.136 e. The normalized spacial score (nSPS) is 10.5. The zero-order valence-electron chi connectivity index (χ0n) is 12.7. The van der Waals surface area contributed by atoms with E-state index in [1.165, 1.54) is 12.1 Å². The maximum absolute atomic E-state index is 13.4. The van der Waals surface area contributed by atoms with Crippen LogP contribution in [-0.4, -0.2) is 16.5 Å². The molecule has 0 fully saturated rings. The first-order valence-corrected chi connectivity index (χ1v) is 7.27. The second-order valence-electron chi connectivity index (χ2n) is 4.92. The molecule has 0 saturated heterocycles. The number of rotatable bonds is 6. The summed E-state index contributed by atoms with van der Waals surface area (Å²) < 4.78 is 13.4. The second kappa shape index (κ2) is 7.02. The first-order chi connectivity index (χ1) is 10.1. The van der Waals surface area contributed by atoms with E-state index in [0.29, 0.717) is 5.82 Å². The average molecular weight is 288 g/mol. The predicted octanol–water partition coefficient (Wildman–Crippen LogP) is 4.05. The lowest BCUT2D eigenvalue weighted by atomic mass is 10.2. The van der Waals surface area contributed by atoms with Gasteiger partial charge in [-0.3, -0.25) is 0 Å². The van der Waals surface area contributed by atoms with Crippen LogP contribution in [0.25, 0.3) is 0 Å². The minimum atomic E-state index is -0.266. The number of aryl methyl sites for hydroxylation is 2. The molecule has 0 aliphatic rings. The smallest absolute Gasteiger partial charge is 0.136 e. The van der Waals surface area contributed by atoms with Crippen molar-refractivity contribution in [2.45, 2.75) is 33.6 Å². The Kier molecular flexibility index (Phi) is 5.09. The number of benzene rings is 1. The number of nitrogens with one attached hydrogen (secondary N) is 2. The molecule has 1 aromatic carbocycles. The van der Waals surface area contributed by atoms with Gasteiger partial charge in [-0.2, -0.15) is 0 Å². The van der Waals surface area contributed by atoms with Crippen LogP contribution >= 0.6 is 0 Å². The van der Waals surface area contributed by atoms with E-state index in [4.69, 9.17) is 0 Å². The summed E-state index contributed by atoms with van der Waals surface area (Å²) >= 11 is 0. The standard InChI is InChI=1S/C16H21FN4/c1-4-6-14-20-15(18-5-2)10-16(21-14)19-13-9-12(17)8-7-11(13)3/h7-10H,4-6H2,1-3H3,(H2,18,19,20,21). The summed E-state index contributed by atoms with van der Waals surface area (Å²) in [5.74, 6) is 1.98. The number of hydrogen-bond acceptors (Lipinski definition) is 4. The molecule has 2 aromatic rings. The Hall–Kier alpha value is -2.17. The van der Waals surface area contributed by atoms with Crippen LogP contribution in [0.15, 0.2) is 24.3 Å². The van der Waals surface area contributed by atoms with Gasteiger partial charge in [0.25, 0.3) is 0 Å².